The number of benzene rings is 1. The molecule has 0 atom stereocenters. The number of hydrogen-bond acceptors (Lipinski definition) is 4. The van der Waals surface area contributed by atoms with Crippen LogP contribution in [0.5, 0.6) is 5.75 Å². The van der Waals surface area contributed by atoms with E-state index in [1.807, 2.05) is 6.07 Å². The van der Waals surface area contributed by atoms with E-state index in [1.165, 1.54) is 0 Å². The standard InChI is InChI=1S/C12H9NO4/c14-11(15)7-12(16)17-9-3-4-10-8(6-9)2-1-5-13-10/h1-6H,7H2,(H,14,15). The van der Waals surface area contributed by atoms with Crippen molar-refractivity contribution in [2.45, 2.75) is 6.42 Å². The number of aromatic nitrogens is 1. The number of aliphatic carboxylic acids is 1. The second-order valence-electron chi connectivity index (χ2n) is 3.40. The van der Waals surface area contributed by atoms with E-state index in [-0.39, 0.29) is 0 Å². The number of hydrogen-bond donors (Lipinski definition) is 1. The molecule has 1 aromatic carbocycles. The first-order valence-corrected chi connectivity index (χ1v) is 4.92. The van der Waals surface area contributed by atoms with E-state index < -0.39 is 18.4 Å². The van der Waals surface area contributed by atoms with E-state index in [2.05, 4.69) is 4.98 Å². The molecular weight excluding hydrogens is 222 g/mol. The van der Waals surface area contributed by atoms with Crippen LogP contribution in [0.1, 0.15) is 6.42 Å². The molecule has 2 aromatic rings. The highest BCUT2D eigenvalue weighted by Crippen LogP contribution is 2.19. The third-order valence-electron chi connectivity index (χ3n) is 2.10. The zero-order valence-corrected chi connectivity index (χ0v) is 8.79. The molecule has 0 fully saturated rings. The summed E-state index contributed by atoms with van der Waals surface area (Å²) in [6.45, 7) is 0. The van der Waals surface area contributed by atoms with E-state index in [9.17, 15) is 9.59 Å². The van der Waals surface area contributed by atoms with Gasteiger partial charge in [-0.15, -0.1) is 0 Å². The lowest BCUT2D eigenvalue weighted by atomic mass is 10.2. The van der Waals surface area contributed by atoms with Crippen LogP contribution in [0.3, 0.4) is 0 Å². The fourth-order valence-electron chi connectivity index (χ4n) is 1.41. The maximum atomic E-state index is 11.1. The number of pyridine rings is 1. The van der Waals surface area contributed by atoms with Crippen LogP contribution in [0.25, 0.3) is 10.9 Å². The molecule has 0 unspecified atom stereocenters. The van der Waals surface area contributed by atoms with Gasteiger partial charge in [-0.2, -0.15) is 0 Å². The van der Waals surface area contributed by atoms with Gasteiger partial charge in [0.1, 0.15) is 12.2 Å². The second kappa shape index (κ2) is 4.61. The number of rotatable bonds is 3. The molecule has 0 saturated carbocycles. The maximum absolute atomic E-state index is 11.1. The molecule has 0 saturated heterocycles. The SMILES string of the molecule is O=C(O)CC(=O)Oc1ccc2ncccc2c1. The van der Waals surface area contributed by atoms with Crippen molar-refractivity contribution in [3.8, 4) is 5.75 Å². The Kier molecular flexibility index (Phi) is 3.00. The molecule has 5 heteroatoms. The lowest BCUT2D eigenvalue weighted by Crippen LogP contribution is -2.13. The van der Waals surface area contributed by atoms with E-state index in [4.69, 9.17) is 9.84 Å². The van der Waals surface area contributed by atoms with Gasteiger partial charge in [-0.1, -0.05) is 6.07 Å². The topological polar surface area (TPSA) is 76.5 Å². The van der Waals surface area contributed by atoms with Crippen molar-refractivity contribution in [3.05, 3.63) is 36.5 Å². The Morgan fingerprint density at radius 2 is 2.12 bits per heavy atom. The molecule has 1 N–H and O–H groups in total. The van der Waals surface area contributed by atoms with Crippen LogP contribution in [0.2, 0.25) is 0 Å². The number of carboxylic acid groups (broad SMARTS) is 1. The van der Waals surface area contributed by atoms with Crippen molar-refractivity contribution in [2.75, 3.05) is 0 Å². The van der Waals surface area contributed by atoms with E-state index in [0.717, 1.165) is 10.9 Å². The normalized spacial score (nSPS) is 10.1. The number of esters is 1. The largest absolute Gasteiger partial charge is 0.481 e. The van der Waals surface area contributed by atoms with Crippen LogP contribution in [-0.4, -0.2) is 22.0 Å². The first-order chi connectivity index (χ1) is 8.15. The molecule has 1 heterocycles. The molecular formula is C12H9NO4. The van der Waals surface area contributed by atoms with Gasteiger partial charge in [-0.25, -0.2) is 0 Å². The molecule has 17 heavy (non-hydrogen) atoms. The zero-order valence-electron chi connectivity index (χ0n) is 8.79. The minimum Gasteiger partial charge on any atom is -0.481 e. The summed E-state index contributed by atoms with van der Waals surface area (Å²) in [5, 5.41) is 9.25. The second-order valence-corrected chi connectivity index (χ2v) is 3.40. The number of ether oxygens (including phenoxy) is 1. The summed E-state index contributed by atoms with van der Waals surface area (Å²) < 4.78 is 4.89. The molecule has 0 aliphatic carbocycles. The van der Waals surface area contributed by atoms with Crippen LogP contribution in [-0.2, 0) is 9.59 Å². The van der Waals surface area contributed by atoms with Crippen molar-refractivity contribution >= 4 is 22.8 Å². The molecule has 5 nitrogen and oxygen atoms in total. The van der Waals surface area contributed by atoms with Crippen LogP contribution in [0.15, 0.2) is 36.5 Å². The number of nitrogens with zero attached hydrogens (tertiary/aromatic N) is 1. The third-order valence-corrected chi connectivity index (χ3v) is 2.10. The fourth-order valence-corrected chi connectivity index (χ4v) is 1.41. The molecule has 0 amide bonds. The van der Waals surface area contributed by atoms with E-state index in [0.29, 0.717) is 5.75 Å². The molecule has 0 aliphatic rings. The molecule has 86 valence electrons. The van der Waals surface area contributed by atoms with E-state index >= 15 is 0 Å². The number of carbonyl (C=O) groups excluding carboxylic acids is 1. The zero-order chi connectivity index (χ0) is 12.3. The Balaban J connectivity index is 2.19. The highest BCUT2D eigenvalue weighted by Gasteiger charge is 2.10. The van der Waals surface area contributed by atoms with Gasteiger partial charge in [0.2, 0.25) is 0 Å². The minimum absolute atomic E-state index is 0.316. The Morgan fingerprint density at radius 3 is 2.88 bits per heavy atom. The Morgan fingerprint density at radius 1 is 1.29 bits per heavy atom. The van der Waals surface area contributed by atoms with Gasteiger partial charge in [0.15, 0.2) is 0 Å². The van der Waals surface area contributed by atoms with Gasteiger partial charge in [-0.05, 0) is 24.3 Å². The highest BCUT2D eigenvalue weighted by atomic mass is 16.5. The number of carbonyl (C=O) groups is 2. The van der Waals surface area contributed by atoms with Crippen LogP contribution in [0.4, 0.5) is 0 Å². The number of fused-ring (bicyclic) bond motifs is 1. The van der Waals surface area contributed by atoms with Gasteiger partial charge < -0.3 is 9.84 Å². The summed E-state index contributed by atoms with van der Waals surface area (Å²) in [7, 11) is 0. The quantitative estimate of drug-likeness (QED) is 0.493. The number of carboxylic acids is 1. The van der Waals surface area contributed by atoms with Crippen molar-refractivity contribution in [3.63, 3.8) is 0 Å². The predicted molar refractivity (Wildman–Crippen MR) is 59.6 cm³/mol. The maximum Gasteiger partial charge on any atom is 0.322 e. The molecule has 1 aromatic heterocycles. The van der Waals surface area contributed by atoms with Crippen molar-refractivity contribution < 1.29 is 19.4 Å². The van der Waals surface area contributed by atoms with Crippen molar-refractivity contribution in [1.82, 2.24) is 4.98 Å². The van der Waals surface area contributed by atoms with Gasteiger partial charge in [-0.3, -0.25) is 14.6 Å². The van der Waals surface area contributed by atoms with Crippen molar-refractivity contribution in [2.24, 2.45) is 0 Å². The van der Waals surface area contributed by atoms with Gasteiger partial charge in [0.05, 0.1) is 5.52 Å². The third kappa shape index (κ3) is 2.78. The lowest BCUT2D eigenvalue weighted by Gasteiger charge is -2.03. The summed E-state index contributed by atoms with van der Waals surface area (Å²) in [4.78, 5) is 25.6. The van der Waals surface area contributed by atoms with E-state index in [1.54, 1.807) is 30.5 Å². The first-order valence-electron chi connectivity index (χ1n) is 4.92. The Hall–Kier alpha value is -2.43. The minimum atomic E-state index is -1.21. The molecule has 0 spiro atoms. The molecule has 0 aliphatic heterocycles. The Labute approximate surface area is 96.7 Å². The molecule has 0 bridgehead atoms. The van der Waals surface area contributed by atoms with Crippen LogP contribution < -0.4 is 4.74 Å². The van der Waals surface area contributed by atoms with Gasteiger partial charge >= 0.3 is 11.9 Å². The summed E-state index contributed by atoms with van der Waals surface area (Å²) >= 11 is 0. The predicted octanol–water partition coefficient (Wildman–Crippen LogP) is 1.61. The summed E-state index contributed by atoms with van der Waals surface area (Å²) in [6, 6.07) is 8.53. The summed E-state index contributed by atoms with van der Waals surface area (Å²) in [5.74, 6) is -1.69. The average molecular weight is 231 g/mol. The monoisotopic (exact) mass is 231 g/mol. The highest BCUT2D eigenvalue weighted by molar-refractivity contribution is 5.91. The summed E-state index contributed by atoms with van der Waals surface area (Å²) in [6.07, 6.45) is 1.02. The first kappa shape index (κ1) is 11.1. The lowest BCUT2D eigenvalue weighted by molar-refractivity contribution is -0.145. The molecule has 0 radical (unpaired) electrons. The fraction of sp³-hybridized carbons (Fsp3) is 0.0833. The molecule has 2 rings (SSSR count). The Bertz CT molecular complexity index is 579. The summed E-state index contributed by atoms with van der Waals surface area (Å²) in [5.41, 5.74) is 0.783. The average Bonchev–Trinajstić information content (AvgIpc) is 2.27. The van der Waals surface area contributed by atoms with Crippen LogP contribution >= 0.6 is 0 Å². The van der Waals surface area contributed by atoms with Gasteiger partial charge in [0, 0.05) is 11.6 Å². The van der Waals surface area contributed by atoms with Gasteiger partial charge in [0.25, 0.3) is 0 Å². The van der Waals surface area contributed by atoms with Crippen LogP contribution in [0, 0.1) is 0 Å². The van der Waals surface area contributed by atoms with Crippen molar-refractivity contribution in [1.29, 1.82) is 0 Å². The smallest absolute Gasteiger partial charge is 0.322 e.